The number of nitrogens with zero attached hydrogens (tertiary/aromatic N) is 6. The van der Waals surface area contributed by atoms with E-state index in [0.29, 0.717) is 85.3 Å². The van der Waals surface area contributed by atoms with Crippen LogP contribution in [0.25, 0.3) is 44.7 Å². The third-order valence-electron chi connectivity index (χ3n) is 14.8. The summed E-state index contributed by atoms with van der Waals surface area (Å²) in [4.78, 5) is 78.9. The van der Waals surface area contributed by atoms with Gasteiger partial charge in [-0.05, 0) is 100 Å². The van der Waals surface area contributed by atoms with Gasteiger partial charge in [-0.1, -0.05) is 33.8 Å². The number of likely N-dealkylation sites (tertiary alicyclic amines) is 2. The summed E-state index contributed by atoms with van der Waals surface area (Å²) in [6.07, 6.45) is 7.40. The highest BCUT2D eigenvalue weighted by atomic mass is 32.1. The number of rotatable bonds is 12. The number of benzene rings is 2. The summed E-state index contributed by atoms with van der Waals surface area (Å²) in [6, 6.07) is 9.05. The Balaban J connectivity index is 0.953. The number of alkyl carbamates (subject to hydrolysis) is 2. The number of nitrogens with one attached hydrogen (secondary N) is 4. The van der Waals surface area contributed by atoms with Crippen LogP contribution in [-0.4, -0.2) is 115 Å². The van der Waals surface area contributed by atoms with E-state index in [1.807, 2.05) is 73.7 Å². The van der Waals surface area contributed by atoms with Crippen LogP contribution in [-0.2, 0) is 23.8 Å². The van der Waals surface area contributed by atoms with E-state index in [1.54, 1.807) is 28.6 Å². The van der Waals surface area contributed by atoms with Crippen molar-refractivity contribution in [2.45, 2.75) is 122 Å². The molecule has 0 saturated carbocycles. The zero-order chi connectivity index (χ0) is 51.5. The molecule has 8 heterocycles. The van der Waals surface area contributed by atoms with Crippen molar-refractivity contribution in [1.82, 2.24) is 49.9 Å². The summed E-state index contributed by atoms with van der Waals surface area (Å²) in [7, 11) is 2.56. The number of H-pyrrole nitrogens is 2. The van der Waals surface area contributed by atoms with Crippen LogP contribution in [0.4, 0.5) is 14.0 Å². The molecule has 10 rings (SSSR count). The highest BCUT2D eigenvalue weighted by Gasteiger charge is 2.44. The van der Waals surface area contributed by atoms with Gasteiger partial charge < -0.3 is 49.3 Å². The maximum Gasteiger partial charge on any atom is 0.407 e. The average Bonchev–Trinajstić information content (AvgIpc) is 4.23. The van der Waals surface area contributed by atoms with Crippen LogP contribution in [0.2, 0.25) is 0 Å². The van der Waals surface area contributed by atoms with Crippen LogP contribution < -0.4 is 15.4 Å². The van der Waals surface area contributed by atoms with Gasteiger partial charge in [-0.2, -0.15) is 0 Å². The molecule has 386 valence electrons. The van der Waals surface area contributed by atoms with Crippen LogP contribution in [0.15, 0.2) is 55.0 Å². The Morgan fingerprint density at radius 2 is 1.48 bits per heavy atom. The van der Waals surface area contributed by atoms with Crippen molar-refractivity contribution >= 4 is 46.2 Å². The number of ether oxygens (including phenoxy) is 4. The molecule has 0 bridgehead atoms. The summed E-state index contributed by atoms with van der Waals surface area (Å²) in [5.41, 5.74) is 4.00. The lowest BCUT2D eigenvalue weighted by Gasteiger charge is -2.40. The fourth-order valence-corrected chi connectivity index (χ4v) is 12.0. The number of hydrogen-bond acceptors (Lipinski definition) is 12. The number of aromatic nitrogens is 6. The lowest BCUT2D eigenvalue weighted by Crippen LogP contribution is -2.54. The normalized spacial score (nSPS) is 21.2. The standard InChI is InChI=1S/C53H63FN10O8S/c1-27(2)41-26-57-47(73-41)50-64-36-14-13-29(34-24-55-45(58-34)38-12-10-17-63(38)49(66)44(61-52(68)70-8)30-15-18-71-53(5,6)23-30)19-32(36)21-39(64)42-33(54)20-31(22-40(42)72-50)35-25-56-46(59-35)37-11-9-16-62(37)48(65)43(28(3)4)60-51(67)69-7/h13-14,19-22,24-28,30,37-38,43-44,50H,9-12,15-18,23H2,1-8H3,(H,55,58)(H,56,59)(H,60,67)(H,61,68)/t30?,37-,38-,43-,44-,50?/m0/s1. The Morgan fingerprint density at radius 3 is 2.11 bits per heavy atom. The van der Waals surface area contributed by atoms with Crippen molar-refractivity contribution in [3.63, 3.8) is 0 Å². The molecule has 6 atom stereocenters. The Hall–Kier alpha value is -6.80. The summed E-state index contributed by atoms with van der Waals surface area (Å²) >= 11 is 1.56. The van der Waals surface area contributed by atoms with Crippen LogP contribution in [0.5, 0.6) is 5.75 Å². The van der Waals surface area contributed by atoms with E-state index >= 15 is 4.39 Å². The highest BCUT2D eigenvalue weighted by Crippen LogP contribution is 2.48. The van der Waals surface area contributed by atoms with Gasteiger partial charge in [0.05, 0.1) is 72.5 Å². The number of methoxy groups -OCH3 is 2. The molecule has 4 N–H and O–H groups in total. The zero-order valence-corrected chi connectivity index (χ0v) is 43.2. The Kier molecular flexibility index (Phi) is 13.6. The van der Waals surface area contributed by atoms with Gasteiger partial charge in [0.1, 0.15) is 35.3 Å². The Morgan fingerprint density at radius 1 is 0.822 bits per heavy atom. The summed E-state index contributed by atoms with van der Waals surface area (Å²) in [6.45, 7) is 13.5. The fraction of sp³-hybridized carbons (Fsp3) is 0.491. The van der Waals surface area contributed by atoms with E-state index in [-0.39, 0.29) is 41.7 Å². The third kappa shape index (κ3) is 9.54. The molecule has 3 fully saturated rings. The van der Waals surface area contributed by atoms with Crippen LogP contribution in [0.1, 0.15) is 126 Å². The van der Waals surface area contributed by atoms with Crippen LogP contribution in [0, 0.1) is 17.7 Å². The average molecular weight is 1020 g/mol. The number of hydrogen-bond donors (Lipinski definition) is 4. The molecule has 4 aliphatic rings. The molecule has 2 aromatic carbocycles. The molecule has 6 aromatic rings. The number of aromatic amines is 2. The first-order chi connectivity index (χ1) is 35.0. The van der Waals surface area contributed by atoms with Gasteiger partial charge in [0, 0.05) is 47.3 Å². The second-order valence-electron chi connectivity index (χ2n) is 20.8. The number of thiazole rings is 1. The van der Waals surface area contributed by atoms with E-state index in [2.05, 4.69) is 34.4 Å². The van der Waals surface area contributed by atoms with Crippen molar-refractivity contribution in [1.29, 1.82) is 0 Å². The van der Waals surface area contributed by atoms with Gasteiger partial charge in [-0.3, -0.25) is 14.2 Å². The molecule has 20 heteroatoms. The molecule has 2 unspecified atom stereocenters. The summed E-state index contributed by atoms with van der Waals surface area (Å²) < 4.78 is 41.5. The number of halogens is 1. The second-order valence-corrected chi connectivity index (χ2v) is 21.9. The van der Waals surface area contributed by atoms with Crippen molar-refractivity contribution < 1.29 is 42.5 Å². The fourth-order valence-electron chi connectivity index (χ4n) is 11.1. The minimum atomic E-state index is -0.780. The zero-order valence-electron chi connectivity index (χ0n) is 42.4. The van der Waals surface area contributed by atoms with Gasteiger partial charge in [-0.25, -0.2) is 28.9 Å². The molecule has 0 aliphatic carbocycles. The minimum absolute atomic E-state index is 0.134. The number of carbonyl (C=O) groups excluding carboxylic acids is 4. The van der Waals surface area contributed by atoms with Gasteiger partial charge in [0.2, 0.25) is 18.0 Å². The molecular weight excluding hydrogens is 956 g/mol. The molecule has 4 amide bonds. The van der Waals surface area contributed by atoms with Gasteiger partial charge in [-0.15, -0.1) is 11.3 Å². The van der Waals surface area contributed by atoms with Gasteiger partial charge in [0.15, 0.2) is 5.01 Å². The number of amides is 4. The summed E-state index contributed by atoms with van der Waals surface area (Å²) in [5, 5.41) is 7.11. The lowest BCUT2D eigenvalue weighted by atomic mass is 9.82. The molecule has 73 heavy (non-hydrogen) atoms. The molecule has 0 radical (unpaired) electrons. The van der Waals surface area contributed by atoms with E-state index < -0.39 is 41.9 Å². The quantitative estimate of drug-likeness (QED) is 0.0907. The molecule has 0 spiro atoms. The smallest absolute Gasteiger partial charge is 0.407 e. The highest BCUT2D eigenvalue weighted by molar-refractivity contribution is 7.11. The molecule has 18 nitrogen and oxygen atoms in total. The molecular formula is C53H63FN10O8S. The maximum atomic E-state index is 17.0. The first-order valence-electron chi connectivity index (χ1n) is 25.2. The Bertz CT molecular complexity index is 3070. The molecule has 4 aliphatic heterocycles. The van der Waals surface area contributed by atoms with E-state index in [9.17, 15) is 19.2 Å². The van der Waals surface area contributed by atoms with Crippen molar-refractivity contribution in [3.05, 3.63) is 82.3 Å². The van der Waals surface area contributed by atoms with Crippen LogP contribution in [0.3, 0.4) is 0 Å². The van der Waals surface area contributed by atoms with Crippen LogP contribution >= 0.6 is 11.3 Å². The lowest BCUT2D eigenvalue weighted by molar-refractivity contribution is -0.139. The van der Waals surface area contributed by atoms with Crippen molar-refractivity contribution in [2.24, 2.45) is 11.8 Å². The Labute approximate surface area is 426 Å². The number of imidazole rings is 2. The first-order valence-corrected chi connectivity index (χ1v) is 26.0. The van der Waals surface area contributed by atoms with Crippen molar-refractivity contribution in [3.8, 4) is 39.5 Å². The molecule has 4 aromatic heterocycles. The van der Waals surface area contributed by atoms with E-state index in [1.165, 1.54) is 20.3 Å². The van der Waals surface area contributed by atoms with E-state index in [0.717, 1.165) is 44.9 Å². The minimum Gasteiger partial charge on any atom is -0.462 e. The third-order valence-corrected chi connectivity index (χ3v) is 16.1. The maximum absolute atomic E-state index is 17.0. The van der Waals surface area contributed by atoms with Crippen molar-refractivity contribution in [2.75, 3.05) is 33.9 Å². The van der Waals surface area contributed by atoms with Gasteiger partial charge >= 0.3 is 12.2 Å². The second kappa shape index (κ2) is 19.9. The largest absolute Gasteiger partial charge is 0.462 e. The van der Waals surface area contributed by atoms with E-state index in [4.69, 9.17) is 33.9 Å². The predicted octanol–water partition coefficient (Wildman–Crippen LogP) is 9.38. The monoisotopic (exact) mass is 1020 g/mol. The summed E-state index contributed by atoms with van der Waals surface area (Å²) in [5.74, 6) is 0.600. The topological polar surface area (TPSA) is 211 Å². The predicted molar refractivity (Wildman–Crippen MR) is 271 cm³/mol. The molecule has 3 saturated heterocycles. The number of carbonyl (C=O) groups is 4. The SMILES string of the molecule is COC(=O)N[C@H](C(=O)N1CCC[C@H]1c1ncc(-c2cc(F)c3c(c2)OC(c2ncc(C(C)C)s2)n2c-3cc3cc(-c4cnc([C@@H]5CCCN5C(=O)[C@@H](NC(=O)OC)C5CCOC(C)(C)C5)[nH]4)ccc32)[nH]1)C(C)C. The number of fused-ring (bicyclic) bond motifs is 5. The first kappa shape index (κ1) is 49.8. The van der Waals surface area contributed by atoms with Gasteiger partial charge in [0.25, 0.3) is 0 Å².